The number of aryl methyl sites for hydroxylation is 1. The first-order chi connectivity index (χ1) is 8.50. The van der Waals surface area contributed by atoms with Gasteiger partial charge >= 0.3 is 0 Å². The quantitative estimate of drug-likeness (QED) is 0.850. The van der Waals surface area contributed by atoms with E-state index in [1.54, 1.807) is 13.2 Å². The van der Waals surface area contributed by atoms with E-state index in [2.05, 4.69) is 10.3 Å². The van der Waals surface area contributed by atoms with Gasteiger partial charge < -0.3 is 5.32 Å². The van der Waals surface area contributed by atoms with Crippen LogP contribution in [0.2, 0.25) is 0 Å². The van der Waals surface area contributed by atoms with Crippen molar-refractivity contribution in [2.45, 2.75) is 13.5 Å². The number of rotatable bonds is 4. The first-order valence-corrected chi connectivity index (χ1v) is 8.05. The molecule has 6 nitrogen and oxygen atoms in total. The van der Waals surface area contributed by atoms with Crippen molar-refractivity contribution in [3.63, 3.8) is 0 Å². The van der Waals surface area contributed by atoms with Gasteiger partial charge in [-0.05, 0) is 6.92 Å². The number of nitrogens with one attached hydrogen (secondary N) is 1. The Kier molecular flexibility index (Phi) is 4.33. The molecule has 8 heteroatoms. The molecule has 1 aromatic rings. The predicted molar refractivity (Wildman–Crippen MR) is 71.7 cm³/mol. The molecule has 0 amide bonds. The Balaban J connectivity index is 2.04. The minimum Gasteiger partial charge on any atom is -0.314 e. The second kappa shape index (κ2) is 5.62. The van der Waals surface area contributed by atoms with Crippen molar-refractivity contribution in [3.8, 4) is 0 Å². The lowest BCUT2D eigenvalue weighted by Crippen LogP contribution is -2.50. The maximum atomic E-state index is 12.3. The maximum Gasteiger partial charge on any atom is 0.282 e. The monoisotopic (exact) mass is 290 g/mol. The number of thiazole rings is 1. The van der Waals surface area contributed by atoms with E-state index in [0.29, 0.717) is 32.7 Å². The first kappa shape index (κ1) is 13.9. The Hall–Kier alpha value is -0.540. The molecular formula is C10H18N4O2S2. The summed E-state index contributed by atoms with van der Waals surface area (Å²) in [5.74, 6) is 0. The molecule has 0 aromatic carbocycles. The van der Waals surface area contributed by atoms with Crippen molar-refractivity contribution in [2.24, 2.45) is 0 Å². The van der Waals surface area contributed by atoms with E-state index in [1.165, 1.54) is 19.9 Å². The molecule has 0 saturated carbocycles. The van der Waals surface area contributed by atoms with Gasteiger partial charge in [0.1, 0.15) is 0 Å². The fourth-order valence-corrected chi connectivity index (χ4v) is 4.12. The molecule has 2 rings (SSSR count). The van der Waals surface area contributed by atoms with E-state index >= 15 is 0 Å². The fraction of sp³-hybridized carbons (Fsp3) is 0.700. The highest BCUT2D eigenvalue weighted by atomic mass is 32.2. The van der Waals surface area contributed by atoms with Crippen LogP contribution >= 0.6 is 11.3 Å². The van der Waals surface area contributed by atoms with E-state index in [9.17, 15) is 8.42 Å². The van der Waals surface area contributed by atoms with Gasteiger partial charge in [-0.1, -0.05) is 0 Å². The zero-order valence-corrected chi connectivity index (χ0v) is 12.2. The molecule has 1 aliphatic heterocycles. The van der Waals surface area contributed by atoms with Crippen LogP contribution in [0.15, 0.2) is 6.20 Å². The fourth-order valence-electron chi connectivity index (χ4n) is 1.85. The summed E-state index contributed by atoms with van der Waals surface area (Å²) in [6.07, 6.45) is 1.74. The highest BCUT2D eigenvalue weighted by Crippen LogP contribution is 2.16. The Morgan fingerprint density at radius 3 is 2.72 bits per heavy atom. The predicted octanol–water partition coefficient (Wildman–Crippen LogP) is 0.0333. The van der Waals surface area contributed by atoms with Crippen molar-refractivity contribution in [2.75, 3.05) is 33.2 Å². The van der Waals surface area contributed by atoms with Crippen LogP contribution in [0.1, 0.15) is 9.88 Å². The maximum absolute atomic E-state index is 12.3. The average Bonchev–Trinajstić information content (AvgIpc) is 2.76. The molecule has 2 heterocycles. The van der Waals surface area contributed by atoms with Gasteiger partial charge in [0.2, 0.25) is 0 Å². The van der Waals surface area contributed by atoms with Crippen LogP contribution in [0.5, 0.6) is 0 Å². The first-order valence-electron chi connectivity index (χ1n) is 5.83. The van der Waals surface area contributed by atoms with Gasteiger partial charge in [0.15, 0.2) is 0 Å². The van der Waals surface area contributed by atoms with E-state index < -0.39 is 10.2 Å². The Morgan fingerprint density at radius 1 is 1.50 bits per heavy atom. The lowest BCUT2D eigenvalue weighted by Gasteiger charge is -2.30. The second-order valence-electron chi connectivity index (χ2n) is 4.26. The molecule has 102 valence electrons. The molecule has 1 aliphatic rings. The summed E-state index contributed by atoms with van der Waals surface area (Å²) in [6.45, 7) is 4.80. The van der Waals surface area contributed by atoms with E-state index in [-0.39, 0.29) is 0 Å². The molecule has 0 aliphatic carbocycles. The number of nitrogens with zero attached hydrogens (tertiary/aromatic N) is 3. The SMILES string of the molecule is Cc1ncc(CN(C)S(=O)(=O)N2CCNCC2)s1. The van der Waals surface area contributed by atoms with Crippen LogP contribution in [-0.4, -0.2) is 55.2 Å². The molecule has 18 heavy (non-hydrogen) atoms. The molecule has 0 bridgehead atoms. The summed E-state index contributed by atoms with van der Waals surface area (Å²) in [5, 5.41) is 4.10. The van der Waals surface area contributed by atoms with Crippen molar-refractivity contribution < 1.29 is 8.42 Å². The molecule has 0 atom stereocenters. The summed E-state index contributed by atoms with van der Waals surface area (Å²) in [7, 11) is -1.73. The highest BCUT2D eigenvalue weighted by Gasteiger charge is 2.28. The van der Waals surface area contributed by atoms with Crippen molar-refractivity contribution in [1.82, 2.24) is 18.9 Å². The Labute approximate surface area is 112 Å². The zero-order valence-electron chi connectivity index (χ0n) is 10.6. The highest BCUT2D eigenvalue weighted by molar-refractivity contribution is 7.86. The largest absolute Gasteiger partial charge is 0.314 e. The number of piperazine rings is 1. The lowest BCUT2D eigenvalue weighted by atomic mass is 10.4. The van der Waals surface area contributed by atoms with Gasteiger partial charge in [0.05, 0.1) is 11.6 Å². The van der Waals surface area contributed by atoms with Crippen molar-refractivity contribution >= 4 is 21.5 Å². The molecular weight excluding hydrogens is 272 g/mol. The summed E-state index contributed by atoms with van der Waals surface area (Å²) in [4.78, 5) is 5.10. The van der Waals surface area contributed by atoms with Gasteiger partial charge in [-0.3, -0.25) is 0 Å². The number of hydrogen-bond acceptors (Lipinski definition) is 5. The molecule has 0 spiro atoms. The third-order valence-electron chi connectivity index (χ3n) is 2.84. The number of hydrogen-bond donors (Lipinski definition) is 1. The molecule has 0 radical (unpaired) electrons. The van der Waals surface area contributed by atoms with Gasteiger partial charge in [-0.2, -0.15) is 17.0 Å². The van der Waals surface area contributed by atoms with Gasteiger partial charge in [-0.15, -0.1) is 11.3 Å². The lowest BCUT2D eigenvalue weighted by molar-refractivity contribution is 0.325. The molecule has 1 saturated heterocycles. The topological polar surface area (TPSA) is 65.5 Å². The van der Waals surface area contributed by atoms with E-state index in [1.807, 2.05) is 6.92 Å². The molecule has 0 unspecified atom stereocenters. The second-order valence-corrected chi connectivity index (χ2v) is 7.61. The summed E-state index contributed by atoms with van der Waals surface area (Å²) >= 11 is 1.53. The normalized spacial score (nSPS) is 18.4. The zero-order chi connectivity index (χ0) is 13.2. The minimum absolute atomic E-state index is 0.387. The molecule has 1 fully saturated rings. The van der Waals surface area contributed by atoms with Crippen LogP contribution in [0, 0.1) is 6.92 Å². The Bertz CT molecular complexity index is 494. The van der Waals surface area contributed by atoms with Crippen LogP contribution in [0.4, 0.5) is 0 Å². The van der Waals surface area contributed by atoms with Gasteiger partial charge in [-0.25, -0.2) is 4.98 Å². The minimum atomic E-state index is -3.35. The van der Waals surface area contributed by atoms with Crippen molar-refractivity contribution in [1.29, 1.82) is 0 Å². The van der Waals surface area contributed by atoms with Crippen LogP contribution < -0.4 is 5.32 Å². The van der Waals surface area contributed by atoms with Crippen molar-refractivity contribution in [3.05, 3.63) is 16.1 Å². The third-order valence-corrected chi connectivity index (χ3v) is 5.68. The van der Waals surface area contributed by atoms with Gasteiger partial charge in [0.25, 0.3) is 10.2 Å². The Morgan fingerprint density at radius 2 is 2.17 bits per heavy atom. The van der Waals surface area contributed by atoms with Crippen LogP contribution in [-0.2, 0) is 16.8 Å². The molecule has 1 aromatic heterocycles. The number of aromatic nitrogens is 1. The van der Waals surface area contributed by atoms with E-state index in [4.69, 9.17) is 0 Å². The average molecular weight is 290 g/mol. The summed E-state index contributed by atoms with van der Waals surface area (Å²) in [6, 6.07) is 0. The van der Waals surface area contributed by atoms with Gasteiger partial charge in [0, 0.05) is 44.3 Å². The summed E-state index contributed by atoms with van der Waals surface area (Å²) < 4.78 is 27.5. The van der Waals surface area contributed by atoms with Crippen LogP contribution in [0.3, 0.4) is 0 Å². The van der Waals surface area contributed by atoms with E-state index in [0.717, 1.165) is 9.88 Å². The smallest absolute Gasteiger partial charge is 0.282 e. The van der Waals surface area contributed by atoms with Crippen LogP contribution in [0.25, 0.3) is 0 Å². The standard InChI is InChI=1S/C10H18N4O2S2/c1-9-12-7-10(17-9)8-13(2)18(15,16)14-5-3-11-4-6-14/h7,11H,3-6,8H2,1-2H3. The molecule has 1 N–H and O–H groups in total. The summed E-state index contributed by atoms with van der Waals surface area (Å²) in [5.41, 5.74) is 0. The third kappa shape index (κ3) is 3.07.